The molecule has 7 aromatic rings. The fourth-order valence-corrected chi connectivity index (χ4v) is 6.47. The van der Waals surface area contributed by atoms with Crippen molar-refractivity contribution in [3.05, 3.63) is 107 Å². The first kappa shape index (κ1) is 27.1. The Bertz CT molecular complexity index is 2140. The molecule has 0 radical (unpaired) electrons. The van der Waals surface area contributed by atoms with Crippen molar-refractivity contribution >= 4 is 33.0 Å². The van der Waals surface area contributed by atoms with Gasteiger partial charge in [0.05, 0.1) is 33.7 Å². The van der Waals surface area contributed by atoms with Crippen LogP contribution in [0.5, 0.6) is 0 Å². The highest BCUT2D eigenvalue weighted by molar-refractivity contribution is 6.11. The lowest BCUT2D eigenvalue weighted by Crippen LogP contribution is -2.10. The van der Waals surface area contributed by atoms with Gasteiger partial charge in [0.25, 0.3) is 0 Å². The SMILES string of the molecule is Cc1nccc2c1oc1c(-c3nc4ccnc(C)c4n3-c3c(C(C)C)cc(-c4ccccc4)cc3C(C)C)ccc(C)c12. The fraction of sp³-hybridized carbons (Fsp3) is 0.237. The zero-order chi connectivity index (χ0) is 30.0. The van der Waals surface area contributed by atoms with Crippen molar-refractivity contribution in [2.75, 3.05) is 0 Å². The summed E-state index contributed by atoms with van der Waals surface area (Å²) in [6, 6.07) is 23.8. The predicted molar refractivity (Wildman–Crippen MR) is 177 cm³/mol. The van der Waals surface area contributed by atoms with E-state index in [0.29, 0.717) is 0 Å². The third-order valence-corrected chi connectivity index (χ3v) is 8.65. The second-order valence-corrected chi connectivity index (χ2v) is 12.2. The van der Waals surface area contributed by atoms with E-state index in [0.717, 1.165) is 55.7 Å². The molecule has 3 aromatic carbocycles. The van der Waals surface area contributed by atoms with Gasteiger partial charge in [0.15, 0.2) is 5.58 Å². The summed E-state index contributed by atoms with van der Waals surface area (Å²) in [5.41, 5.74) is 13.8. The van der Waals surface area contributed by atoms with E-state index in [4.69, 9.17) is 14.4 Å². The minimum Gasteiger partial charge on any atom is -0.453 e. The summed E-state index contributed by atoms with van der Waals surface area (Å²) in [5.74, 6) is 1.41. The molecule has 5 heteroatoms. The third kappa shape index (κ3) is 4.25. The standard InChI is InChI=1S/C38H36N4O/c1-21(2)30-19-27(26-11-9-8-10-12-26)20-31(22(3)4)35(30)42-34-24(6)39-18-16-32(34)41-38(42)29-14-13-23(5)33-28-15-17-40-25(7)36(28)43-37(29)33/h8-22H,1-7H3. The lowest BCUT2D eigenvalue weighted by molar-refractivity contribution is 0.663. The predicted octanol–water partition coefficient (Wildman–Crippen LogP) is 10.2. The maximum absolute atomic E-state index is 6.67. The number of aromatic nitrogens is 4. The molecule has 43 heavy (non-hydrogen) atoms. The molecule has 0 fully saturated rings. The van der Waals surface area contributed by atoms with E-state index in [1.165, 1.54) is 33.5 Å². The van der Waals surface area contributed by atoms with Gasteiger partial charge in [0, 0.05) is 23.2 Å². The number of pyridine rings is 2. The third-order valence-electron chi connectivity index (χ3n) is 8.65. The molecule has 0 spiro atoms. The molecule has 5 nitrogen and oxygen atoms in total. The van der Waals surface area contributed by atoms with Crippen LogP contribution < -0.4 is 0 Å². The molecule has 0 saturated carbocycles. The minimum absolute atomic E-state index is 0.274. The number of aryl methyl sites for hydroxylation is 3. The summed E-state index contributed by atoms with van der Waals surface area (Å²) in [5, 5.41) is 2.19. The highest BCUT2D eigenvalue weighted by atomic mass is 16.3. The van der Waals surface area contributed by atoms with Crippen molar-refractivity contribution in [3.63, 3.8) is 0 Å². The van der Waals surface area contributed by atoms with E-state index in [2.05, 4.69) is 112 Å². The van der Waals surface area contributed by atoms with Gasteiger partial charge in [-0.3, -0.25) is 14.5 Å². The Morgan fingerprint density at radius 3 is 2.07 bits per heavy atom. The first-order valence-electron chi connectivity index (χ1n) is 15.1. The van der Waals surface area contributed by atoms with Crippen molar-refractivity contribution in [1.29, 1.82) is 0 Å². The largest absolute Gasteiger partial charge is 0.453 e. The summed E-state index contributed by atoms with van der Waals surface area (Å²) in [7, 11) is 0. The van der Waals surface area contributed by atoms with Crippen molar-refractivity contribution in [2.45, 2.75) is 60.3 Å². The molecule has 4 aromatic heterocycles. The number of imidazole rings is 1. The molecule has 214 valence electrons. The number of nitrogens with zero attached hydrogens (tertiary/aromatic N) is 4. The van der Waals surface area contributed by atoms with Crippen LogP contribution in [0.2, 0.25) is 0 Å². The summed E-state index contributed by atoms with van der Waals surface area (Å²) in [6.45, 7) is 15.3. The van der Waals surface area contributed by atoms with E-state index in [1.54, 1.807) is 0 Å². The Morgan fingerprint density at radius 2 is 1.37 bits per heavy atom. The van der Waals surface area contributed by atoms with E-state index >= 15 is 0 Å². The molecule has 0 aliphatic rings. The first-order valence-corrected chi connectivity index (χ1v) is 15.1. The zero-order valence-corrected chi connectivity index (χ0v) is 25.9. The van der Waals surface area contributed by atoms with Crippen LogP contribution in [0.25, 0.3) is 61.2 Å². The monoisotopic (exact) mass is 564 g/mol. The minimum atomic E-state index is 0.274. The van der Waals surface area contributed by atoms with Gasteiger partial charge in [0.2, 0.25) is 0 Å². The van der Waals surface area contributed by atoms with Crippen LogP contribution in [0.15, 0.2) is 83.5 Å². The highest BCUT2D eigenvalue weighted by Crippen LogP contribution is 2.43. The Hall–Kier alpha value is -4.77. The van der Waals surface area contributed by atoms with Gasteiger partial charge in [-0.05, 0) is 90.8 Å². The molecule has 0 aliphatic carbocycles. The van der Waals surface area contributed by atoms with Gasteiger partial charge < -0.3 is 4.42 Å². The van der Waals surface area contributed by atoms with Gasteiger partial charge in [-0.1, -0.05) is 64.1 Å². The van der Waals surface area contributed by atoms with Gasteiger partial charge in [-0.2, -0.15) is 0 Å². The van der Waals surface area contributed by atoms with Gasteiger partial charge in [-0.15, -0.1) is 0 Å². The highest BCUT2D eigenvalue weighted by Gasteiger charge is 2.27. The van der Waals surface area contributed by atoms with Crippen LogP contribution in [0.1, 0.15) is 67.6 Å². The second-order valence-electron chi connectivity index (χ2n) is 12.2. The molecule has 0 aliphatic heterocycles. The molecular weight excluding hydrogens is 528 g/mol. The fourth-order valence-electron chi connectivity index (χ4n) is 6.47. The normalized spacial score (nSPS) is 12.0. The van der Waals surface area contributed by atoms with Gasteiger partial charge >= 0.3 is 0 Å². The lowest BCUT2D eigenvalue weighted by Gasteiger charge is -2.24. The second kappa shape index (κ2) is 10.2. The smallest absolute Gasteiger partial charge is 0.156 e. The number of hydrogen-bond acceptors (Lipinski definition) is 4. The Morgan fingerprint density at radius 1 is 0.698 bits per heavy atom. The topological polar surface area (TPSA) is 56.7 Å². The molecular formula is C38H36N4O. The number of furan rings is 1. The van der Waals surface area contributed by atoms with Crippen LogP contribution in [0.3, 0.4) is 0 Å². The first-order chi connectivity index (χ1) is 20.7. The van der Waals surface area contributed by atoms with Crippen molar-refractivity contribution in [1.82, 2.24) is 19.5 Å². The van der Waals surface area contributed by atoms with Crippen LogP contribution in [-0.4, -0.2) is 19.5 Å². The summed E-state index contributed by atoms with van der Waals surface area (Å²) < 4.78 is 9.03. The summed E-state index contributed by atoms with van der Waals surface area (Å²) in [4.78, 5) is 14.6. The van der Waals surface area contributed by atoms with E-state index in [-0.39, 0.29) is 11.8 Å². The van der Waals surface area contributed by atoms with Crippen LogP contribution in [0.4, 0.5) is 0 Å². The quantitative estimate of drug-likeness (QED) is 0.209. The van der Waals surface area contributed by atoms with Crippen molar-refractivity contribution in [2.24, 2.45) is 0 Å². The summed E-state index contributed by atoms with van der Waals surface area (Å²) >= 11 is 0. The van der Waals surface area contributed by atoms with E-state index < -0.39 is 0 Å². The molecule has 0 amide bonds. The van der Waals surface area contributed by atoms with E-state index in [9.17, 15) is 0 Å². The van der Waals surface area contributed by atoms with Gasteiger partial charge in [0.1, 0.15) is 11.4 Å². The zero-order valence-electron chi connectivity index (χ0n) is 25.9. The lowest BCUT2D eigenvalue weighted by atomic mass is 9.88. The van der Waals surface area contributed by atoms with Crippen LogP contribution >= 0.6 is 0 Å². The Labute approximate surface area is 252 Å². The molecule has 7 rings (SSSR count). The number of rotatable bonds is 5. The summed E-state index contributed by atoms with van der Waals surface area (Å²) in [6.07, 6.45) is 3.71. The Balaban J connectivity index is 1.63. The van der Waals surface area contributed by atoms with E-state index in [1.807, 2.05) is 25.4 Å². The number of fused-ring (bicyclic) bond motifs is 4. The number of hydrogen-bond donors (Lipinski definition) is 0. The van der Waals surface area contributed by atoms with Crippen molar-refractivity contribution < 1.29 is 4.42 Å². The van der Waals surface area contributed by atoms with Crippen LogP contribution in [0, 0.1) is 20.8 Å². The molecule has 0 bridgehead atoms. The average molecular weight is 565 g/mol. The number of benzene rings is 3. The van der Waals surface area contributed by atoms with Crippen molar-refractivity contribution in [3.8, 4) is 28.2 Å². The molecule has 0 unspecified atom stereocenters. The molecule has 0 N–H and O–H groups in total. The van der Waals surface area contributed by atoms with Crippen LogP contribution in [-0.2, 0) is 0 Å². The van der Waals surface area contributed by atoms with Gasteiger partial charge in [-0.25, -0.2) is 4.98 Å². The molecule has 0 atom stereocenters. The molecule has 0 saturated heterocycles. The Kier molecular flexibility index (Phi) is 6.42. The maximum Gasteiger partial charge on any atom is 0.156 e. The maximum atomic E-state index is 6.67. The average Bonchev–Trinajstić information content (AvgIpc) is 3.58. The molecule has 4 heterocycles.